The molecular formula is C36H64ClNO4P+. The molecule has 0 rings (SSSR count). The first-order valence-electron chi connectivity index (χ1n) is 17.3. The normalized spacial score (nSPS) is 12.4. The van der Waals surface area contributed by atoms with Crippen LogP contribution in [0.1, 0.15) is 168 Å². The lowest BCUT2D eigenvalue weighted by molar-refractivity contribution is -0.138. The molecular weight excluding hydrogens is 577 g/mol. The summed E-state index contributed by atoms with van der Waals surface area (Å²) < 4.78 is 10.2. The van der Waals surface area contributed by atoms with Crippen LogP contribution in [0.15, 0.2) is 48.6 Å². The molecule has 0 saturated carbocycles. The van der Waals surface area contributed by atoms with Crippen molar-refractivity contribution >= 4 is 30.4 Å². The van der Waals surface area contributed by atoms with Crippen molar-refractivity contribution in [3.8, 4) is 0 Å². The zero-order valence-electron chi connectivity index (χ0n) is 27.6. The lowest BCUT2D eigenvalue weighted by Crippen LogP contribution is -2.15. The molecule has 0 amide bonds. The Labute approximate surface area is 270 Å². The lowest BCUT2D eigenvalue weighted by atomic mass is 10.1. The topological polar surface area (TPSA) is 78.6 Å². The second-order valence-electron chi connectivity index (χ2n) is 11.4. The predicted molar refractivity (Wildman–Crippen MR) is 188 cm³/mol. The summed E-state index contributed by atoms with van der Waals surface area (Å²) in [6.45, 7) is 4.46. The van der Waals surface area contributed by atoms with Crippen molar-refractivity contribution in [2.24, 2.45) is 5.50 Å². The molecule has 0 fully saturated rings. The molecule has 0 unspecified atom stereocenters. The second-order valence-corrected chi connectivity index (χ2v) is 14.2. The van der Waals surface area contributed by atoms with Crippen molar-refractivity contribution in [3.05, 3.63) is 48.6 Å². The first-order chi connectivity index (χ1) is 20.9. The highest BCUT2D eigenvalue weighted by Gasteiger charge is 2.43. The Morgan fingerprint density at radius 2 is 0.814 bits per heavy atom. The van der Waals surface area contributed by atoms with Gasteiger partial charge in [-0.05, 0) is 77.0 Å². The van der Waals surface area contributed by atoms with E-state index in [1.807, 2.05) is 0 Å². The van der Waals surface area contributed by atoms with E-state index in [-0.39, 0.29) is 12.8 Å². The smallest absolute Gasteiger partial charge is 0.247 e. The number of hydrogen-bond donors (Lipinski definition) is 1. The first-order valence-corrected chi connectivity index (χ1v) is 19.9. The average Bonchev–Trinajstić information content (AvgIpc) is 2.96. The Morgan fingerprint density at radius 1 is 0.512 bits per heavy atom. The van der Waals surface area contributed by atoms with Gasteiger partial charge in [-0.1, -0.05) is 127 Å². The maximum absolute atomic E-state index is 12.1. The molecule has 7 heteroatoms. The largest absolute Gasteiger partial charge is 0.545 e. The molecule has 0 heterocycles. The van der Waals surface area contributed by atoms with Gasteiger partial charge in [-0.3, -0.25) is 0 Å². The van der Waals surface area contributed by atoms with Gasteiger partial charge < -0.3 is 0 Å². The Bertz CT molecular complexity index is 717. The van der Waals surface area contributed by atoms with Gasteiger partial charge in [0.05, 0.1) is 12.8 Å². The minimum Gasteiger partial charge on any atom is -0.247 e. The van der Waals surface area contributed by atoms with Crippen molar-refractivity contribution in [2.45, 2.75) is 168 Å². The Balaban J connectivity index is 3.67. The molecule has 0 aromatic carbocycles. The van der Waals surface area contributed by atoms with Crippen LogP contribution in [0.3, 0.4) is 0 Å². The number of rotatable bonds is 30. The van der Waals surface area contributed by atoms with Crippen LogP contribution < -0.4 is 5.50 Å². The lowest BCUT2D eigenvalue weighted by Gasteiger charge is -2.10. The fourth-order valence-corrected chi connectivity index (χ4v) is 5.79. The van der Waals surface area contributed by atoms with Crippen LogP contribution in [0, 0.1) is 0 Å². The highest BCUT2D eigenvalue weighted by Crippen LogP contribution is 2.59. The van der Waals surface area contributed by atoms with Gasteiger partial charge in [-0.25, -0.2) is 18.6 Å². The third-order valence-electron chi connectivity index (χ3n) is 7.12. The molecule has 0 bridgehead atoms. The van der Waals surface area contributed by atoms with Crippen molar-refractivity contribution in [1.82, 2.24) is 0 Å². The van der Waals surface area contributed by atoms with Gasteiger partial charge in [0.25, 0.3) is 0 Å². The van der Waals surface area contributed by atoms with Gasteiger partial charge in [0.2, 0.25) is 0 Å². The van der Waals surface area contributed by atoms with E-state index in [9.17, 15) is 9.59 Å². The summed E-state index contributed by atoms with van der Waals surface area (Å²) in [7, 11) is -3.49. The monoisotopic (exact) mass is 640 g/mol. The van der Waals surface area contributed by atoms with Crippen LogP contribution in [0.4, 0.5) is 0 Å². The first kappa shape index (κ1) is 41.6. The fraction of sp³-hybridized carbons (Fsp3) is 0.722. The number of allylic oxidation sites excluding steroid dienone is 8. The second kappa shape index (κ2) is 32.0. The van der Waals surface area contributed by atoms with Crippen molar-refractivity contribution in [2.75, 3.05) is 0 Å². The Morgan fingerprint density at radius 3 is 1.16 bits per heavy atom. The van der Waals surface area contributed by atoms with E-state index in [4.69, 9.17) is 25.8 Å². The number of carbonyl (C=O) groups is 2. The zero-order valence-corrected chi connectivity index (χ0v) is 29.3. The van der Waals surface area contributed by atoms with E-state index in [1.54, 1.807) is 0 Å². The molecule has 0 saturated heterocycles. The van der Waals surface area contributed by atoms with Crippen molar-refractivity contribution in [3.63, 3.8) is 0 Å². The average molecular weight is 641 g/mol. The summed E-state index contributed by atoms with van der Waals surface area (Å²) in [5, 5.41) is 0. The van der Waals surface area contributed by atoms with Crippen LogP contribution in [0.5, 0.6) is 0 Å². The van der Waals surface area contributed by atoms with Gasteiger partial charge >= 0.3 is 19.2 Å². The van der Waals surface area contributed by atoms with Crippen LogP contribution in [0.25, 0.3) is 0 Å². The molecule has 43 heavy (non-hydrogen) atoms. The molecule has 0 aliphatic rings. The maximum atomic E-state index is 12.1. The van der Waals surface area contributed by atoms with E-state index in [2.05, 4.69) is 62.5 Å². The molecule has 0 radical (unpaired) electrons. The van der Waals surface area contributed by atoms with E-state index in [1.165, 1.54) is 51.4 Å². The minimum atomic E-state index is -3.49. The summed E-state index contributed by atoms with van der Waals surface area (Å²) in [6, 6.07) is 0. The van der Waals surface area contributed by atoms with E-state index in [0.29, 0.717) is 12.8 Å². The summed E-state index contributed by atoms with van der Waals surface area (Å²) in [4.78, 5) is 24.2. The van der Waals surface area contributed by atoms with Crippen molar-refractivity contribution in [1.29, 1.82) is 0 Å². The van der Waals surface area contributed by atoms with Gasteiger partial charge in [-0.2, -0.15) is 0 Å². The van der Waals surface area contributed by atoms with Gasteiger partial charge in [0.1, 0.15) is 0 Å². The summed E-state index contributed by atoms with van der Waals surface area (Å²) >= 11 is 6.05. The SMILES string of the molecule is CCCCC/C=C\C/C=C\CCCCCCCC(=O)O[P+](N)(Cl)OC(=O)CCCCCCC/C=C\C/C=C\CCCCC. The fourth-order valence-electron chi connectivity index (χ4n) is 4.55. The molecule has 0 aliphatic carbocycles. The Hall–Kier alpha value is -1.42. The predicted octanol–water partition coefficient (Wildman–Crippen LogP) is 12.6. The van der Waals surface area contributed by atoms with Crippen LogP contribution in [-0.4, -0.2) is 11.9 Å². The highest BCUT2D eigenvalue weighted by atomic mass is 35.7. The molecule has 0 spiro atoms. The molecule has 0 aromatic heterocycles. The molecule has 2 N–H and O–H groups in total. The molecule has 248 valence electrons. The third-order valence-corrected chi connectivity index (χ3v) is 8.43. The number of nitrogens with two attached hydrogens (primary N) is 1. The third kappa shape index (κ3) is 33.3. The molecule has 0 atom stereocenters. The standard InChI is InChI=1S/C36H64ClNO4P/c1-3-5-7-9-11-13-15-17-19-21-23-25-27-29-31-33-35(39)41-43(37,38)42-36(40)34-32-30-28-26-24-22-20-18-16-14-12-10-8-6-4-2/h11-14,17-20H,3-10,15-16,21-34,38H2,1-2H3/q+1/b13-11-,14-12-,19-17-,20-18-. The number of carbonyl (C=O) groups excluding carboxylic acids is 2. The summed E-state index contributed by atoms with van der Waals surface area (Å²) in [5.74, 6) is -0.997. The van der Waals surface area contributed by atoms with Gasteiger partial charge in [-0.15, -0.1) is 5.50 Å². The zero-order chi connectivity index (χ0) is 31.7. The van der Waals surface area contributed by atoms with Gasteiger partial charge in [0, 0.05) is 0 Å². The molecule has 0 aromatic rings. The van der Waals surface area contributed by atoms with E-state index < -0.39 is 19.2 Å². The van der Waals surface area contributed by atoms with E-state index in [0.717, 1.165) is 77.0 Å². The van der Waals surface area contributed by atoms with Crippen LogP contribution in [0.2, 0.25) is 0 Å². The number of halogens is 1. The molecule has 0 aliphatic heterocycles. The minimum absolute atomic E-state index is 0.235. The van der Waals surface area contributed by atoms with Crippen LogP contribution in [-0.2, 0) is 18.6 Å². The Kier molecular flexibility index (Phi) is 30.9. The van der Waals surface area contributed by atoms with E-state index >= 15 is 0 Å². The maximum Gasteiger partial charge on any atom is 0.545 e. The van der Waals surface area contributed by atoms with Crippen LogP contribution >= 0.6 is 18.5 Å². The molecule has 5 nitrogen and oxygen atoms in total. The summed E-state index contributed by atoms with van der Waals surface area (Å²) in [6.07, 6.45) is 43.0. The van der Waals surface area contributed by atoms with Gasteiger partial charge in [0.15, 0.2) is 11.2 Å². The van der Waals surface area contributed by atoms with Crippen molar-refractivity contribution < 1.29 is 18.6 Å². The quantitative estimate of drug-likeness (QED) is 0.0480. The summed E-state index contributed by atoms with van der Waals surface area (Å²) in [5.41, 5.74) is 5.80. The number of unbranched alkanes of at least 4 members (excludes halogenated alkanes) is 16. The number of hydrogen-bond acceptors (Lipinski definition) is 5. The highest BCUT2D eigenvalue weighted by molar-refractivity contribution is 7.90.